The summed E-state index contributed by atoms with van der Waals surface area (Å²) >= 11 is 0. The van der Waals surface area contributed by atoms with Crippen molar-refractivity contribution in [3.8, 4) is 0 Å². The van der Waals surface area contributed by atoms with Gasteiger partial charge in [0.15, 0.2) is 0 Å². The smallest absolute Gasteiger partial charge is 0.0198 e. The van der Waals surface area contributed by atoms with E-state index in [0.717, 1.165) is 17.8 Å². The largest absolute Gasteiger partial charge is 0.0805 e. The zero-order chi connectivity index (χ0) is 24.3. The maximum absolute atomic E-state index is 2.65. The molecule has 0 spiro atoms. The third-order valence-electron chi connectivity index (χ3n) is 9.68. The monoisotopic (exact) mass is 472 g/mol. The Labute approximate surface area is 217 Å². The highest BCUT2D eigenvalue weighted by Crippen LogP contribution is 2.49. The van der Waals surface area contributed by atoms with Crippen molar-refractivity contribution in [2.75, 3.05) is 0 Å². The SMILES string of the molecule is CCCCCCC1CCC(C2(c3ccccc3)C=CC(C3=CCC(CCCCC)CC3)=CC2)CC1. The first kappa shape index (κ1) is 26.5. The van der Waals surface area contributed by atoms with Crippen LogP contribution in [0.15, 0.2) is 65.8 Å². The second-order valence-corrected chi connectivity index (χ2v) is 12.0. The molecule has 0 aromatic heterocycles. The van der Waals surface area contributed by atoms with Crippen molar-refractivity contribution in [2.24, 2.45) is 17.8 Å². The number of allylic oxidation sites excluding steroid dienone is 6. The first-order chi connectivity index (χ1) is 17.2. The van der Waals surface area contributed by atoms with Gasteiger partial charge in [-0.15, -0.1) is 0 Å². The highest BCUT2D eigenvalue weighted by molar-refractivity contribution is 5.48. The summed E-state index contributed by atoms with van der Waals surface area (Å²) in [7, 11) is 0. The molecule has 0 nitrogen and oxygen atoms in total. The summed E-state index contributed by atoms with van der Waals surface area (Å²) in [6.07, 6.45) is 34.0. The molecule has 1 aromatic carbocycles. The van der Waals surface area contributed by atoms with Crippen molar-refractivity contribution < 1.29 is 0 Å². The standard InChI is InChI=1S/C35H52/c1-3-5-7-10-14-30-19-23-34(24-20-30)35(33-15-11-8-12-16-33)27-25-32(26-28-35)31-21-17-29(18-22-31)13-9-6-4-2/h8,11-12,15-16,21,25-27,29-30,34H,3-7,9-10,13-14,17-20,22-24,28H2,1-2H3. The van der Waals surface area contributed by atoms with Crippen LogP contribution in [0.3, 0.4) is 0 Å². The second kappa shape index (κ2) is 13.7. The zero-order valence-corrected chi connectivity index (χ0v) is 22.9. The fraction of sp³-hybridized carbons (Fsp3) is 0.657. The summed E-state index contributed by atoms with van der Waals surface area (Å²) in [5.41, 5.74) is 4.92. The Morgan fingerprint density at radius 3 is 2.11 bits per heavy atom. The zero-order valence-electron chi connectivity index (χ0n) is 22.9. The number of hydrogen-bond donors (Lipinski definition) is 0. The molecule has 0 bridgehead atoms. The van der Waals surface area contributed by atoms with Gasteiger partial charge in [0.2, 0.25) is 0 Å². The molecule has 2 unspecified atom stereocenters. The first-order valence-corrected chi connectivity index (χ1v) is 15.4. The normalized spacial score (nSPS) is 29.0. The Hall–Kier alpha value is -1.56. The van der Waals surface area contributed by atoms with Crippen LogP contribution in [0.4, 0.5) is 0 Å². The lowest BCUT2D eigenvalue weighted by molar-refractivity contribution is 0.192. The highest BCUT2D eigenvalue weighted by atomic mass is 14.4. The molecule has 2 atom stereocenters. The fourth-order valence-electron chi connectivity index (χ4n) is 7.31. The summed E-state index contributed by atoms with van der Waals surface area (Å²) in [4.78, 5) is 0. The fourth-order valence-corrected chi connectivity index (χ4v) is 7.31. The van der Waals surface area contributed by atoms with E-state index in [1.165, 1.54) is 115 Å². The lowest BCUT2D eigenvalue weighted by Crippen LogP contribution is -2.37. The predicted molar refractivity (Wildman–Crippen MR) is 154 cm³/mol. The van der Waals surface area contributed by atoms with Gasteiger partial charge in [-0.1, -0.05) is 139 Å². The van der Waals surface area contributed by atoms with Gasteiger partial charge < -0.3 is 0 Å². The van der Waals surface area contributed by atoms with Crippen molar-refractivity contribution >= 4 is 0 Å². The van der Waals surface area contributed by atoms with Crippen LogP contribution in [0.1, 0.15) is 129 Å². The van der Waals surface area contributed by atoms with Crippen molar-refractivity contribution in [3.63, 3.8) is 0 Å². The van der Waals surface area contributed by atoms with Gasteiger partial charge in [0.1, 0.15) is 0 Å². The van der Waals surface area contributed by atoms with E-state index in [1.807, 2.05) is 0 Å². The Bertz CT molecular complexity index is 832. The Morgan fingerprint density at radius 1 is 0.743 bits per heavy atom. The molecular weight excluding hydrogens is 420 g/mol. The molecule has 0 amide bonds. The molecule has 0 heteroatoms. The molecule has 35 heavy (non-hydrogen) atoms. The van der Waals surface area contributed by atoms with Crippen LogP contribution in [0.5, 0.6) is 0 Å². The lowest BCUT2D eigenvalue weighted by Gasteiger charge is -2.44. The van der Waals surface area contributed by atoms with Gasteiger partial charge in [0.05, 0.1) is 0 Å². The summed E-state index contributed by atoms with van der Waals surface area (Å²) < 4.78 is 0. The Kier molecular flexibility index (Phi) is 10.3. The third-order valence-corrected chi connectivity index (χ3v) is 9.68. The van der Waals surface area contributed by atoms with Crippen molar-refractivity contribution in [1.29, 1.82) is 0 Å². The van der Waals surface area contributed by atoms with Crippen LogP contribution in [0, 0.1) is 17.8 Å². The maximum Gasteiger partial charge on any atom is 0.0198 e. The van der Waals surface area contributed by atoms with E-state index in [1.54, 1.807) is 11.1 Å². The van der Waals surface area contributed by atoms with Crippen LogP contribution < -0.4 is 0 Å². The molecule has 0 saturated heterocycles. The summed E-state index contributed by atoms with van der Waals surface area (Å²) in [5.74, 6) is 2.69. The minimum atomic E-state index is 0.204. The Balaban J connectivity index is 1.39. The van der Waals surface area contributed by atoms with E-state index in [-0.39, 0.29) is 5.41 Å². The van der Waals surface area contributed by atoms with E-state index < -0.39 is 0 Å². The highest BCUT2D eigenvalue weighted by Gasteiger charge is 2.40. The Morgan fingerprint density at radius 2 is 1.46 bits per heavy atom. The number of unbranched alkanes of at least 4 members (excludes halogenated alkanes) is 5. The molecule has 3 aliphatic carbocycles. The molecule has 3 aliphatic rings. The van der Waals surface area contributed by atoms with Crippen molar-refractivity contribution in [3.05, 3.63) is 71.3 Å². The van der Waals surface area contributed by atoms with Gasteiger partial charge in [0.25, 0.3) is 0 Å². The third kappa shape index (κ3) is 7.02. The van der Waals surface area contributed by atoms with Gasteiger partial charge >= 0.3 is 0 Å². The molecule has 0 heterocycles. The van der Waals surface area contributed by atoms with Crippen LogP contribution >= 0.6 is 0 Å². The number of benzene rings is 1. The van der Waals surface area contributed by atoms with Crippen LogP contribution in [0.2, 0.25) is 0 Å². The molecule has 1 saturated carbocycles. The van der Waals surface area contributed by atoms with Crippen LogP contribution in [-0.4, -0.2) is 0 Å². The second-order valence-electron chi connectivity index (χ2n) is 12.0. The van der Waals surface area contributed by atoms with Gasteiger partial charge in [-0.2, -0.15) is 0 Å². The molecular formula is C35H52. The topological polar surface area (TPSA) is 0 Å². The average Bonchev–Trinajstić information content (AvgIpc) is 2.93. The van der Waals surface area contributed by atoms with Gasteiger partial charge in [-0.05, 0) is 73.0 Å². The quantitative estimate of drug-likeness (QED) is 0.265. The summed E-state index contributed by atoms with van der Waals surface area (Å²) in [6, 6.07) is 11.5. The maximum atomic E-state index is 2.65. The molecule has 0 N–H and O–H groups in total. The van der Waals surface area contributed by atoms with E-state index in [4.69, 9.17) is 0 Å². The van der Waals surface area contributed by atoms with Gasteiger partial charge in [-0.3, -0.25) is 0 Å². The van der Waals surface area contributed by atoms with Gasteiger partial charge in [0, 0.05) is 5.41 Å². The molecule has 1 aromatic rings. The van der Waals surface area contributed by atoms with E-state index in [2.05, 4.69) is 68.5 Å². The molecule has 192 valence electrons. The predicted octanol–water partition coefficient (Wildman–Crippen LogP) is 10.9. The molecule has 0 aliphatic heterocycles. The molecule has 0 radical (unpaired) electrons. The van der Waals surface area contributed by atoms with Crippen LogP contribution in [-0.2, 0) is 5.41 Å². The van der Waals surface area contributed by atoms with E-state index in [9.17, 15) is 0 Å². The number of rotatable bonds is 12. The summed E-state index contributed by atoms with van der Waals surface area (Å²) in [6.45, 7) is 4.64. The minimum Gasteiger partial charge on any atom is -0.0805 e. The minimum absolute atomic E-state index is 0.204. The van der Waals surface area contributed by atoms with Gasteiger partial charge in [-0.25, -0.2) is 0 Å². The lowest BCUT2D eigenvalue weighted by atomic mass is 9.60. The van der Waals surface area contributed by atoms with E-state index in [0.29, 0.717) is 0 Å². The molecule has 4 rings (SSSR count). The van der Waals surface area contributed by atoms with Crippen molar-refractivity contribution in [2.45, 2.75) is 128 Å². The van der Waals surface area contributed by atoms with Crippen molar-refractivity contribution in [1.82, 2.24) is 0 Å². The van der Waals surface area contributed by atoms with E-state index >= 15 is 0 Å². The summed E-state index contributed by atoms with van der Waals surface area (Å²) in [5, 5.41) is 0. The average molecular weight is 473 g/mol. The molecule has 1 fully saturated rings. The van der Waals surface area contributed by atoms with Crippen LogP contribution in [0.25, 0.3) is 0 Å². The first-order valence-electron chi connectivity index (χ1n) is 15.4. The number of hydrogen-bond acceptors (Lipinski definition) is 0.